The second-order valence-electron chi connectivity index (χ2n) is 15.8. The minimum atomic E-state index is -1.19. The molecule has 3 heterocycles. The molecule has 12 nitrogen and oxygen atoms in total. The van der Waals surface area contributed by atoms with Crippen LogP contribution in [0.1, 0.15) is 141 Å². The molecule has 3 unspecified atom stereocenters. The average Bonchev–Trinajstić information content (AvgIpc) is 3.31. The van der Waals surface area contributed by atoms with Gasteiger partial charge in [0.15, 0.2) is 0 Å². The Morgan fingerprint density at radius 1 is 0.433 bits per heavy atom. The van der Waals surface area contributed by atoms with Crippen molar-refractivity contribution in [2.24, 2.45) is 0 Å². The van der Waals surface area contributed by atoms with E-state index < -0.39 is 17.9 Å². The Balaban J connectivity index is 0.000000165. The van der Waals surface area contributed by atoms with Crippen LogP contribution in [0.2, 0.25) is 0 Å². The van der Waals surface area contributed by atoms with E-state index in [0.717, 1.165) is 33.9 Å². The summed E-state index contributed by atoms with van der Waals surface area (Å²) >= 11 is 0. The SMILES string of the molecule is CCOC(C)c1ccc2c(c1C(=O)[O-])Cc1ccccc1O2.CCOC(C)c1ccc2c(c1C(=O)[O-])Cc1ccccc1O2.CCOC(C)c1ccc2c(c1C(=O)[O-])Cc1ccccc1O2.[Cr+3]. The summed E-state index contributed by atoms with van der Waals surface area (Å²) in [5, 5.41) is 35.1. The van der Waals surface area contributed by atoms with E-state index in [1.165, 1.54) is 0 Å². The maximum Gasteiger partial charge on any atom is 3.00 e. The molecule has 0 amide bonds. The fourth-order valence-electron chi connectivity index (χ4n) is 8.69. The number of fused-ring (bicyclic) bond motifs is 6. The van der Waals surface area contributed by atoms with Crippen LogP contribution in [0.15, 0.2) is 109 Å². The minimum Gasteiger partial charge on any atom is -0.545 e. The van der Waals surface area contributed by atoms with Crippen LogP contribution in [-0.4, -0.2) is 37.7 Å². The van der Waals surface area contributed by atoms with Crippen molar-refractivity contribution < 1.29 is 75.5 Å². The topological polar surface area (TPSA) is 176 Å². The molecule has 3 atom stereocenters. The maximum atomic E-state index is 11.7. The first kappa shape index (κ1) is 50.0. The third-order valence-electron chi connectivity index (χ3n) is 11.8. The molecule has 0 aliphatic carbocycles. The zero-order valence-electron chi connectivity index (χ0n) is 38.2. The Kier molecular flexibility index (Phi) is 16.7. The predicted octanol–water partition coefficient (Wildman–Crippen LogP) is 8.53. The molecule has 0 fully saturated rings. The maximum absolute atomic E-state index is 11.7. The number of benzene rings is 6. The molecule has 6 aromatic carbocycles. The van der Waals surface area contributed by atoms with Crippen molar-refractivity contribution in [2.75, 3.05) is 19.8 Å². The van der Waals surface area contributed by atoms with Crippen molar-refractivity contribution in [3.05, 3.63) is 176 Å². The summed E-state index contributed by atoms with van der Waals surface area (Å²) < 4.78 is 34.1. The largest absolute Gasteiger partial charge is 3.00 e. The predicted molar refractivity (Wildman–Crippen MR) is 240 cm³/mol. The van der Waals surface area contributed by atoms with Crippen molar-refractivity contribution >= 4 is 17.9 Å². The molecule has 0 saturated carbocycles. The number of carbonyl (C=O) groups is 3. The van der Waals surface area contributed by atoms with Crippen LogP contribution in [0.4, 0.5) is 0 Å². The van der Waals surface area contributed by atoms with Gasteiger partial charge in [-0.25, -0.2) is 0 Å². The van der Waals surface area contributed by atoms with Gasteiger partial charge in [-0.1, -0.05) is 72.8 Å². The molecule has 1 radical (unpaired) electrons. The van der Waals surface area contributed by atoms with E-state index in [0.29, 0.717) is 89.7 Å². The molecule has 9 rings (SSSR count). The molecule has 0 spiro atoms. The summed E-state index contributed by atoms with van der Waals surface area (Å²) in [5.74, 6) is 0.449. The van der Waals surface area contributed by atoms with E-state index >= 15 is 0 Å². The van der Waals surface area contributed by atoms with Gasteiger partial charge in [0.2, 0.25) is 0 Å². The number of hydrogen-bond donors (Lipinski definition) is 0. The molecule has 0 N–H and O–H groups in total. The molecule has 0 bridgehead atoms. The van der Waals surface area contributed by atoms with Crippen LogP contribution in [0.25, 0.3) is 0 Å². The fourth-order valence-corrected chi connectivity index (χ4v) is 8.69. The number of carbonyl (C=O) groups excluding carboxylic acids is 3. The number of carboxylic acids is 3. The fraction of sp³-hybridized carbons (Fsp3) is 0.278. The van der Waals surface area contributed by atoms with Crippen LogP contribution in [0, 0.1) is 0 Å². The summed E-state index contributed by atoms with van der Waals surface area (Å²) in [6.07, 6.45) is 0.631. The molecule has 3 aliphatic rings. The van der Waals surface area contributed by atoms with Gasteiger partial charge in [-0.3, -0.25) is 0 Å². The smallest absolute Gasteiger partial charge is 0.545 e. The zero-order chi connectivity index (χ0) is 47.1. The van der Waals surface area contributed by atoms with Gasteiger partial charge in [0.25, 0.3) is 0 Å². The van der Waals surface area contributed by atoms with Gasteiger partial charge in [-0.05, 0) is 111 Å². The van der Waals surface area contributed by atoms with E-state index in [-0.39, 0.29) is 52.4 Å². The van der Waals surface area contributed by atoms with Gasteiger partial charge < -0.3 is 58.1 Å². The molecule has 0 aromatic heterocycles. The normalized spacial score (nSPS) is 13.5. The van der Waals surface area contributed by atoms with E-state index in [1.54, 1.807) is 18.2 Å². The standard InChI is InChI=1S/3C18H18O4.Cr/c3*1-3-21-11(2)13-8-9-16-14(17(13)18(19)20)10-12-6-4-5-7-15(12)22-16;/h3*4-9,11H,3,10H2,1-2H3,(H,19,20);/q;;;+3/p-3. The van der Waals surface area contributed by atoms with E-state index in [1.807, 2.05) is 133 Å². The van der Waals surface area contributed by atoms with Gasteiger partial charge in [0, 0.05) is 72.5 Å². The van der Waals surface area contributed by atoms with Crippen molar-refractivity contribution in [3.8, 4) is 34.5 Å². The molecule has 13 heteroatoms. The monoisotopic (exact) mass is 943 g/mol. The van der Waals surface area contributed by atoms with Crippen molar-refractivity contribution in [2.45, 2.75) is 79.1 Å². The minimum absolute atomic E-state index is 0. The number of para-hydroxylation sites is 3. The quantitative estimate of drug-likeness (QED) is 0.114. The summed E-state index contributed by atoms with van der Waals surface area (Å²) in [7, 11) is 0. The zero-order valence-corrected chi connectivity index (χ0v) is 39.4. The molecule has 67 heavy (non-hydrogen) atoms. The number of aromatic carboxylic acids is 3. The first-order chi connectivity index (χ1) is 31.8. The summed E-state index contributed by atoms with van der Waals surface area (Å²) in [6, 6.07) is 33.6. The van der Waals surface area contributed by atoms with Gasteiger partial charge >= 0.3 is 17.4 Å². The van der Waals surface area contributed by atoms with E-state index in [2.05, 4.69) is 0 Å². The summed E-state index contributed by atoms with van der Waals surface area (Å²) in [5.41, 5.74) is 7.33. The third-order valence-corrected chi connectivity index (χ3v) is 11.8. The second kappa shape index (κ2) is 22.4. The van der Waals surface area contributed by atoms with Crippen LogP contribution in [0.3, 0.4) is 0 Å². The first-order valence-corrected chi connectivity index (χ1v) is 22.1. The van der Waals surface area contributed by atoms with Gasteiger partial charge in [-0.15, -0.1) is 0 Å². The Labute approximate surface area is 401 Å². The van der Waals surface area contributed by atoms with Crippen LogP contribution < -0.4 is 29.5 Å². The van der Waals surface area contributed by atoms with Crippen molar-refractivity contribution in [3.63, 3.8) is 0 Å². The number of hydrogen-bond acceptors (Lipinski definition) is 12. The van der Waals surface area contributed by atoms with Gasteiger partial charge in [-0.2, -0.15) is 0 Å². The Hall–Kier alpha value is -6.46. The Morgan fingerprint density at radius 2 is 0.687 bits per heavy atom. The van der Waals surface area contributed by atoms with Crippen molar-refractivity contribution in [1.29, 1.82) is 0 Å². The van der Waals surface area contributed by atoms with Gasteiger partial charge in [0.05, 0.1) is 36.2 Å². The number of ether oxygens (including phenoxy) is 6. The molecule has 6 aromatic rings. The Bertz CT molecular complexity index is 2470. The molecule has 345 valence electrons. The van der Waals surface area contributed by atoms with Crippen LogP contribution >= 0.6 is 0 Å². The van der Waals surface area contributed by atoms with Gasteiger partial charge in [0.1, 0.15) is 34.5 Å². The second-order valence-corrected chi connectivity index (χ2v) is 15.8. The van der Waals surface area contributed by atoms with Crippen molar-refractivity contribution in [1.82, 2.24) is 0 Å². The molecular weight excluding hydrogens is 893 g/mol. The van der Waals surface area contributed by atoms with Crippen LogP contribution in [0.5, 0.6) is 34.5 Å². The number of rotatable bonds is 12. The average molecular weight is 944 g/mol. The Morgan fingerprint density at radius 3 is 0.925 bits per heavy atom. The number of carboxylic acid groups (broad SMARTS) is 3. The van der Waals surface area contributed by atoms with Crippen LogP contribution in [-0.2, 0) is 50.8 Å². The third kappa shape index (κ3) is 10.9. The van der Waals surface area contributed by atoms with E-state index in [9.17, 15) is 29.7 Å². The molecule has 3 aliphatic heterocycles. The van der Waals surface area contributed by atoms with E-state index in [4.69, 9.17) is 28.4 Å². The molecular formula is C54H51CrO12. The molecule has 0 saturated heterocycles. The first-order valence-electron chi connectivity index (χ1n) is 22.1. The summed E-state index contributed by atoms with van der Waals surface area (Å²) in [6.45, 7) is 12.7. The summed E-state index contributed by atoms with van der Waals surface area (Å²) in [4.78, 5) is 35.1.